The molecule has 5 heteroatoms. The topological polar surface area (TPSA) is 83.8 Å². The predicted molar refractivity (Wildman–Crippen MR) is 109 cm³/mol. The number of carbonyl (C=O) groups is 2. The van der Waals surface area contributed by atoms with E-state index in [1.807, 2.05) is 6.08 Å². The van der Waals surface area contributed by atoms with Crippen LogP contribution in [0.1, 0.15) is 71.6 Å². The van der Waals surface area contributed by atoms with Crippen LogP contribution in [0.2, 0.25) is 0 Å². The van der Waals surface area contributed by atoms with Gasteiger partial charge >= 0.3 is 5.97 Å². The molecule has 4 aliphatic carbocycles. The lowest BCUT2D eigenvalue weighted by Gasteiger charge is -2.60. The summed E-state index contributed by atoms with van der Waals surface area (Å²) in [4.78, 5) is 25.0. The molecule has 0 amide bonds. The summed E-state index contributed by atoms with van der Waals surface area (Å²) in [7, 11) is 1.46. The summed E-state index contributed by atoms with van der Waals surface area (Å²) in [5, 5.41) is 20.9. The first-order chi connectivity index (χ1) is 13.7. The zero-order chi connectivity index (χ0) is 21.0. The lowest BCUT2D eigenvalue weighted by atomic mass is 9.44. The van der Waals surface area contributed by atoms with Gasteiger partial charge in [0, 0.05) is 13.0 Å². The fourth-order valence-electron chi connectivity index (χ4n) is 7.85. The van der Waals surface area contributed by atoms with Crippen molar-refractivity contribution in [2.45, 2.75) is 77.2 Å². The average Bonchev–Trinajstić information content (AvgIpc) is 2.97. The molecule has 5 nitrogen and oxygen atoms in total. The zero-order valence-electron chi connectivity index (χ0n) is 18.1. The molecule has 0 radical (unpaired) electrons. The van der Waals surface area contributed by atoms with E-state index in [9.17, 15) is 19.8 Å². The Morgan fingerprint density at radius 1 is 1.21 bits per heavy atom. The number of aliphatic hydroxyl groups excluding tert-OH is 1. The molecule has 0 bridgehead atoms. The second-order valence-corrected chi connectivity index (χ2v) is 10.5. The van der Waals surface area contributed by atoms with Gasteiger partial charge in [0.25, 0.3) is 0 Å². The minimum Gasteiger partial charge on any atom is -0.469 e. The molecule has 0 saturated heterocycles. The Morgan fingerprint density at radius 3 is 2.62 bits per heavy atom. The summed E-state index contributed by atoms with van der Waals surface area (Å²) in [5.41, 5.74) is 0.0991. The van der Waals surface area contributed by atoms with Crippen molar-refractivity contribution in [2.24, 2.45) is 34.5 Å². The quantitative estimate of drug-likeness (QED) is 0.702. The Hall–Kier alpha value is -1.20. The van der Waals surface area contributed by atoms with Crippen molar-refractivity contribution < 1.29 is 24.5 Å². The monoisotopic (exact) mass is 404 g/mol. The summed E-state index contributed by atoms with van der Waals surface area (Å²) >= 11 is 0. The number of ether oxygens (including phenoxy) is 1. The zero-order valence-corrected chi connectivity index (χ0v) is 18.1. The maximum Gasteiger partial charge on any atom is 0.309 e. The van der Waals surface area contributed by atoms with Crippen LogP contribution in [0, 0.1) is 34.5 Å². The standard InChI is InChI=1S/C24H36O5/c1-22-9-5-16(26)13-15(22)14-17(21(27)29-3)20-18(22)6-10-23(2)19(20)7-11-24(23,28)8-4-12-25/h13,17-20,25,28H,4-12,14H2,1-3H3/t17-,18+,19+,20-,22+,23+,24+/m1/s1. The number of ketones is 1. The van der Waals surface area contributed by atoms with E-state index in [0.717, 1.165) is 37.7 Å². The minimum atomic E-state index is -0.772. The minimum absolute atomic E-state index is 0.0315. The van der Waals surface area contributed by atoms with Crippen molar-refractivity contribution in [3.05, 3.63) is 11.6 Å². The highest BCUT2D eigenvalue weighted by Crippen LogP contribution is 2.69. The number of allylic oxidation sites excluding steroid dienone is 1. The van der Waals surface area contributed by atoms with Crippen LogP contribution in [0.15, 0.2) is 11.6 Å². The van der Waals surface area contributed by atoms with Gasteiger partial charge in [0.1, 0.15) is 0 Å². The largest absolute Gasteiger partial charge is 0.469 e. The lowest BCUT2D eigenvalue weighted by Crippen LogP contribution is -2.58. The molecule has 0 heterocycles. The van der Waals surface area contributed by atoms with Crippen LogP contribution in [0.3, 0.4) is 0 Å². The number of methoxy groups -OCH3 is 1. The van der Waals surface area contributed by atoms with Gasteiger partial charge in [-0.3, -0.25) is 9.59 Å². The maximum absolute atomic E-state index is 12.9. The summed E-state index contributed by atoms with van der Waals surface area (Å²) in [6.07, 6.45) is 8.67. The molecule has 2 N–H and O–H groups in total. The van der Waals surface area contributed by atoms with Gasteiger partial charge in [-0.15, -0.1) is 0 Å². The Balaban J connectivity index is 1.74. The highest BCUT2D eigenvalue weighted by Gasteiger charge is 2.66. The molecule has 0 aromatic heterocycles. The van der Waals surface area contributed by atoms with Crippen LogP contribution >= 0.6 is 0 Å². The summed E-state index contributed by atoms with van der Waals surface area (Å²) in [6, 6.07) is 0. The Morgan fingerprint density at radius 2 is 1.93 bits per heavy atom. The third-order valence-corrected chi connectivity index (χ3v) is 9.59. The molecule has 4 rings (SSSR count). The fraction of sp³-hybridized carbons (Fsp3) is 0.833. The molecule has 0 spiro atoms. The molecule has 7 atom stereocenters. The van der Waals surface area contributed by atoms with Crippen molar-refractivity contribution in [1.29, 1.82) is 0 Å². The number of fused-ring (bicyclic) bond motifs is 5. The second kappa shape index (κ2) is 7.19. The van der Waals surface area contributed by atoms with Gasteiger partial charge < -0.3 is 14.9 Å². The summed E-state index contributed by atoms with van der Waals surface area (Å²) < 4.78 is 5.23. The second-order valence-electron chi connectivity index (χ2n) is 10.5. The van der Waals surface area contributed by atoms with Gasteiger partial charge in [0.2, 0.25) is 0 Å². The van der Waals surface area contributed by atoms with E-state index < -0.39 is 5.60 Å². The molecular weight excluding hydrogens is 368 g/mol. The van der Waals surface area contributed by atoms with Crippen LogP contribution in [-0.4, -0.2) is 41.3 Å². The third-order valence-electron chi connectivity index (χ3n) is 9.59. The van der Waals surface area contributed by atoms with E-state index in [4.69, 9.17) is 4.74 Å². The Kier molecular flexibility index (Phi) is 5.22. The average molecular weight is 405 g/mol. The molecular formula is C24H36O5. The van der Waals surface area contributed by atoms with E-state index in [1.165, 1.54) is 7.11 Å². The Labute approximate surface area is 173 Å². The number of aliphatic hydroxyl groups is 2. The first kappa shape index (κ1) is 21.0. The van der Waals surface area contributed by atoms with Crippen LogP contribution in [0.25, 0.3) is 0 Å². The number of carbonyl (C=O) groups excluding carboxylic acids is 2. The van der Waals surface area contributed by atoms with Crippen molar-refractivity contribution in [3.8, 4) is 0 Å². The maximum atomic E-state index is 12.9. The molecule has 0 aromatic rings. The van der Waals surface area contributed by atoms with Crippen molar-refractivity contribution in [2.75, 3.05) is 13.7 Å². The molecule has 0 aliphatic heterocycles. The SMILES string of the molecule is COC(=O)[C@@H]1CC2=CC(=O)CC[C@]2(C)[C@H]2CC[C@@]3(C)[C@@H](CC[C@@]3(O)CCCO)[C@H]12. The lowest BCUT2D eigenvalue weighted by molar-refractivity contribution is -0.168. The first-order valence-electron chi connectivity index (χ1n) is 11.3. The molecule has 29 heavy (non-hydrogen) atoms. The van der Waals surface area contributed by atoms with E-state index in [1.54, 1.807) is 0 Å². The molecule has 4 aliphatic rings. The van der Waals surface area contributed by atoms with Crippen LogP contribution < -0.4 is 0 Å². The van der Waals surface area contributed by atoms with Gasteiger partial charge in [-0.2, -0.15) is 0 Å². The van der Waals surface area contributed by atoms with Gasteiger partial charge in [-0.05, 0) is 86.0 Å². The molecule has 3 fully saturated rings. The third kappa shape index (κ3) is 2.95. The number of hydrogen-bond acceptors (Lipinski definition) is 5. The number of rotatable bonds is 4. The highest BCUT2D eigenvalue weighted by atomic mass is 16.5. The van der Waals surface area contributed by atoms with Gasteiger partial charge in [-0.1, -0.05) is 19.4 Å². The van der Waals surface area contributed by atoms with Crippen molar-refractivity contribution in [1.82, 2.24) is 0 Å². The van der Waals surface area contributed by atoms with Crippen LogP contribution in [0.5, 0.6) is 0 Å². The number of esters is 1. The predicted octanol–water partition coefficient (Wildman–Crippen LogP) is 3.42. The van der Waals surface area contributed by atoms with E-state index in [-0.39, 0.29) is 46.9 Å². The van der Waals surface area contributed by atoms with Crippen LogP contribution in [0.4, 0.5) is 0 Å². The normalized spacial score (nSPS) is 46.4. The fourth-order valence-corrected chi connectivity index (χ4v) is 7.85. The van der Waals surface area contributed by atoms with Gasteiger partial charge in [-0.25, -0.2) is 0 Å². The molecule has 0 unspecified atom stereocenters. The number of hydrogen-bond donors (Lipinski definition) is 2. The highest BCUT2D eigenvalue weighted by molar-refractivity contribution is 5.92. The van der Waals surface area contributed by atoms with Crippen molar-refractivity contribution in [3.63, 3.8) is 0 Å². The van der Waals surface area contributed by atoms with Crippen molar-refractivity contribution >= 4 is 11.8 Å². The molecule has 162 valence electrons. The van der Waals surface area contributed by atoms with E-state index in [2.05, 4.69) is 13.8 Å². The smallest absolute Gasteiger partial charge is 0.309 e. The van der Waals surface area contributed by atoms with E-state index in [0.29, 0.717) is 31.6 Å². The van der Waals surface area contributed by atoms with Crippen LogP contribution in [-0.2, 0) is 14.3 Å². The molecule has 3 saturated carbocycles. The van der Waals surface area contributed by atoms with Gasteiger partial charge in [0.05, 0.1) is 18.6 Å². The Bertz CT molecular complexity index is 729. The van der Waals surface area contributed by atoms with E-state index >= 15 is 0 Å². The summed E-state index contributed by atoms with van der Waals surface area (Å²) in [5.74, 6) is 0.568. The first-order valence-corrected chi connectivity index (χ1v) is 11.3. The molecule has 0 aromatic carbocycles. The van der Waals surface area contributed by atoms with Gasteiger partial charge in [0.15, 0.2) is 5.78 Å². The summed E-state index contributed by atoms with van der Waals surface area (Å²) in [6.45, 7) is 4.61.